The summed E-state index contributed by atoms with van der Waals surface area (Å²) in [5.74, 6) is 0.302. The molecule has 0 radical (unpaired) electrons. The highest BCUT2D eigenvalue weighted by Crippen LogP contribution is 2.22. The number of nitrogens with one attached hydrogen (secondary N) is 1. The summed E-state index contributed by atoms with van der Waals surface area (Å²) < 4.78 is 29.0. The fraction of sp³-hybridized carbons (Fsp3) is 0.278. The van der Waals surface area contributed by atoms with Gasteiger partial charge in [-0.1, -0.05) is 0 Å². The summed E-state index contributed by atoms with van der Waals surface area (Å²) in [7, 11) is -3.39. The second-order valence-corrected chi connectivity index (χ2v) is 7.82. The second kappa shape index (κ2) is 7.67. The number of carbonyl (C=O) groups excluding carboxylic acids is 1. The van der Waals surface area contributed by atoms with Crippen LogP contribution in [0.3, 0.4) is 0 Å². The molecule has 0 atom stereocenters. The number of anilines is 1. The van der Waals surface area contributed by atoms with Gasteiger partial charge in [-0.3, -0.25) is 4.79 Å². The van der Waals surface area contributed by atoms with Crippen LogP contribution in [0.5, 0.6) is 5.75 Å². The van der Waals surface area contributed by atoms with Gasteiger partial charge >= 0.3 is 0 Å². The van der Waals surface area contributed by atoms with Crippen molar-refractivity contribution in [3.8, 4) is 5.75 Å². The standard InChI is InChI=1S/C18H22N2O4S/c1-12-10-16(25(3,22)23)11-17(13(12)2)18(21)20-14-4-6-15(7-5-14)24-9-8-19/h4-7,10-11H,8-9,19H2,1-3H3,(H,20,21). The fourth-order valence-electron chi connectivity index (χ4n) is 2.29. The van der Waals surface area contributed by atoms with Crippen LogP contribution in [0.4, 0.5) is 5.69 Å². The third kappa shape index (κ3) is 4.80. The maximum absolute atomic E-state index is 12.6. The molecule has 0 unspecified atom stereocenters. The van der Waals surface area contributed by atoms with Gasteiger partial charge in [-0.25, -0.2) is 8.42 Å². The molecule has 0 aromatic heterocycles. The first kappa shape index (κ1) is 19.0. The Labute approximate surface area is 147 Å². The molecule has 0 fully saturated rings. The number of sulfone groups is 1. The molecule has 7 heteroatoms. The molecule has 0 saturated heterocycles. The van der Waals surface area contributed by atoms with Crippen molar-refractivity contribution in [2.24, 2.45) is 5.73 Å². The molecule has 2 aromatic carbocycles. The summed E-state index contributed by atoms with van der Waals surface area (Å²) >= 11 is 0. The topological polar surface area (TPSA) is 98.5 Å². The first-order valence-electron chi connectivity index (χ1n) is 7.78. The molecule has 6 nitrogen and oxygen atoms in total. The van der Waals surface area contributed by atoms with Crippen LogP contribution in [0.25, 0.3) is 0 Å². The predicted molar refractivity (Wildman–Crippen MR) is 98.0 cm³/mol. The average molecular weight is 362 g/mol. The SMILES string of the molecule is Cc1cc(S(C)(=O)=O)cc(C(=O)Nc2ccc(OCCN)cc2)c1C. The molecule has 0 aliphatic rings. The minimum Gasteiger partial charge on any atom is -0.492 e. The lowest BCUT2D eigenvalue weighted by Gasteiger charge is -2.12. The van der Waals surface area contributed by atoms with Gasteiger partial charge in [0.05, 0.1) is 4.90 Å². The summed E-state index contributed by atoms with van der Waals surface area (Å²) in [4.78, 5) is 12.7. The third-order valence-electron chi connectivity index (χ3n) is 3.81. The largest absolute Gasteiger partial charge is 0.492 e. The van der Waals surface area contributed by atoms with E-state index < -0.39 is 9.84 Å². The molecule has 0 heterocycles. The molecule has 1 amide bonds. The summed E-state index contributed by atoms with van der Waals surface area (Å²) in [5, 5.41) is 2.77. The molecule has 3 N–H and O–H groups in total. The zero-order valence-corrected chi connectivity index (χ0v) is 15.3. The van der Waals surface area contributed by atoms with Crippen molar-refractivity contribution in [3.63, 3.8) is 0 Å². The van der Waals surface area contributed by atoms with E-state index in [0.717, 1.165) is 17.4 Å². The average Bonchev–Trinajstić information content (AvgIpc) is 2.55. The van der Waals surface area contributed by atoms with Gasteiger partial charge in [-0.05, 0) is 61.4 Å². The lowest BCUT2D eigenvalue weighted by molar-refractivity contribution is 0.102. The van der Waals surface area contributed by atoms with E-state index in [0.29, 0.717) is 30.2 Å². The maximum Gasteiger partial charge on any atom is 0.255 e. The molecule has 0 spiro atoms. The molecule has 0 saturated carbocycles. The quantitative estimate of drug-likeness (QED) is 0.821. The first-order chi connectivity index (χ1) is 11.7. The Morgan fingerprint density at radius 2 is 1.80 bits per heavy atom. The molecule has 0 aliphatic heterocycles. The van der Waals surface area contributed by atoms with Crippen molar-refractivity contribution >= 4 is 21.4 Å². The summed E-state index contributed by atoms with van der Waals surface area (Å²) in [6.45, 7) is 4.42. The van der Waals surface area contributed by atoms with Gasteiger partial charge in [0.25, 0.3) is 5.91 Å². The Balaban J connectivity index is 2.25. The Kier molecular flexibility index (Phi) is 5.81. The van der Waals surface area contributed by atoms with Crippen LogP contribution < -0.4 is 15.8 Å². The van der Waals surface area contributed by atoms with Gasteiger partial charge in [-0.15, -0.1) is 0 Å². The van der Waals surface area contributed by atoms with Crippen molar-refractivity contribution in [3.05, 3.63) is 53.1 Å². The van der Waals surface area contributed by atoms with Crippen LogP contribution in [-0.4, -0.2) is 33.7 Å². The Hall–Kier alpha value is -2.38. The van der Waals surface area contributed by atoms with Gasteiger partial charge in [0.2, 0.25) is 0 Å². The van der Waals surface area contributed by atoms with Crippen molar-refractivity contribution in [2.75, 3.05) is 24.7 Å². The highest BCUT2D eigenvalue weighted by Gasteiger charge is 2.17. The van der Waals surface area contributed by atoms with Crippen molar-refractivity contribution in [2.45, 2.75) is 18.7 Å². The van der Waals surface area contributed by atoms with E-state index >= 15 is 0 Å². The van der Waals surface area contributed by atoms with E-state index in [1.54, 1.807) is 44.2 Å². The van der Waals surface area contributed by atoms with E-state index in [1.165, 1.54) is 6.07 Å². The van der Waals surface area contributed by atoms with Gasteiger partial charge in [-0.2, -0.15) is 0 Å². The lowest BCUT2D eigenvalue weighted by Crippen LogP contribution is -2.15. The predicted octanol–water partition coefficient (Wildman–Crippen LogP) is 2.30. The van der Waals surface area contributed by atoms with Crippen molar-refractivity contribution in [1.82, 2.24) is 0 Å². The molecular weight excluding hydrogens is 340 g/mol. The fourth-order valence-corrected chi connectivity index (χ4v) is 3.01. The highest BCUT2D eigenvalue weighted by molar-refractivity contribution is 7.90. The molecule has 134 valence electrons. The number of carbonyl (C=O) groups is 1. The Morgan fingerprint density at radius 1 is 1.16 bits per heavy atom. The number of rotatable bonds is 6. The van der Waals surface area contributed by atoms with Crippen LogP contribution >= 0.6 is 0 Å². The highest BCUT2D eigenvalue weighted by atomic mass is 32.2. The number of benzene rings is 2. The van der Waals surface area contributed by atoms with Crippen LogP contribution in [0.1, 0.15) is 21.5 Å². The second-order valence-electron chi connectivity index (χ2n) is 5.80. The zero-order valence-electron chi connectivity index (χ0n) is 14.5. The third-order valence-corrected chi connectivity index (χ3v) is 4.90. The summed E-state index contributed by atoms with van der Waals surface area (Å²) in [5.41, 5.74) is 7.80. The number of hydrogen-bond donors (Lipinski definition) is 2. The van der Waals surface area contributed by atoms with Crippen LogP contribution in [-0.2, 0) is 9.84 Å². The Bertz CT molecular complexity index is 875. The minimum atomic E-state index is -3.39. The smallest absolute Gasteiger partial charge is 0.255 e. The van der Waals surface area contributed by atoms with Crippen LogP contribution in [0, 0.1) is 13.8 Å². The van der Waals surface area contributed by atoms with Gasteiger partial charge in [0, 0.05) is 24.1 Å². The van der Waals surface area contributed by atoms with Crippen molar-refractivity contribution < 1.29 is 17.9 Å². The van der Waals surface area contributed by atoms with Gasteiger partial charge in [0.1, 0.15) is 12.4 Å². The van der Waals surface area contributed by atoms with Gasteiger partial charge < -0.3 is 15.8 Å². The maximum atomic E-state index is 12.6. The molecule has 2 aromatic rings. The van der Waals surface area contributed by atoms with E-state index in [2.05, 4.69) is 5.32 Å². The number of hydrogen-bond acceptors (Lipinski definition) is 5. The molecule has 2 rings (SSSR count). The van der Waals surface area contributed by atoms with Crippen LogP contribution in [0.2, 0.25) is 0 Å². The minimum absolute atomic E-state index is 0.131. The molecular formula is C18H22N2O4S. The molecule has 0 bridgehead atoms. The number of nitrogens with two attached hydrogens (primary N) is 1. The normalized spacial score (nSPS) is 11.2. The monoisotopic (exact) mass is 362 g/mol. The van der Waals surface area contributed by atoms with Crippen LogP contribution in [0.15, 0.2) is 41.3 Å². The summed E-state index contributed by atoms with van der Waals surface area (Å²) in [6, 6.07) is 9.88. The van der Waals surface area contributed by atoms with Crippen molar-refractivity contribution in [1.29, 1.82) is 0 Å². The molecule has 25 heavy (non-hydrogen) atoms. The molecule has 0 aliphatic carbocycles. The Morgan fingerprint density at radius 3 is 2.36 bits per heavy atom. The number of ether oxygens (including phenoxy) is 1. The summed E-state index contributed by atoms with van der Waals surface area (Å²) in [6.07, 6.45) is 1.12. The lowest BCUT2D eigenvalue weighted by atomic mass is 10.0. The number of aryl methyl sites for hydroxylation is 1. The van der Waals surface area contributed by atoms with E-state index in [9.17, 15) is 13.2 Å². The van der Waals surface area contributed by atoms with E-state index in [1.807, 2.05) is 0 Å². The van der Waals surface area contributed by atoms with E-state index in [-0.39, 0.29) is 10.8 Å². The van der Waals surface area contributed by atoms with Gasteiger partial charge in [0.15, 0.2) is 9.84 Å². The number of amides is 1. The van der Waals surface area contributed by atoms with E-state index in [4.69, 9.17) is 10.5 Å². The first-order valence-corrected chi connectivity index (χ1v) is 9.67. The zero-order chi connectivity index (χ0) is 18.6.